The van der Waals surface area contributed by atoms with Crippen molar-refractivity contribution in [3.8, 4) is 0 Å². The van der Waals surface area contributed by atoms with Gasteiger partial charge >= 0.3 is 0 Å². The smallest absolute Gasteiger partial charge is 0.127 e. The van der Waals surface area contributed by atoms with Crippen molar-refractivity contribution >= 4 is 5.52 Å². The zero-order valence-electron chi connectivity index (χ0n) is 7.73. The molecular formula is C9H12N4. The molecule has 1 unspecified atom stereocenters. The molecule has 0 fully saturated rings. The second kappa shape index (κ2) is 2.81. The van der Waals surface area contributed by atoms with Crippen LogP contribution in [-0.4, -0.2) is 14.6 Å². The van der Waals surface area contributed by atoms with Crippen LogP contribution in [0.3, 0.4) is 0 Å². The second-order valence-electron chi connectivity index (χ2n) is 3.15. The monoisotopic (exact) mass is 176 g/mol. The van der Waals surface area contributed by atoms with Gasteiger partial charge in [-0.1, -0.05) is 0 Å². The van der Waals surface area contributed by atoms with Crippen molar-refractivity contribution in [3.05, 3.63) is 29.8 Å². The highest BCUT2D eigenvalue weighted by Crippen LogP contribution is 2.15. The Morgan fingerprint density at radius 3 is 3.00 bits per heavy atom. The van der Waals surface area contributed by atoms with E-state index in [0.717, 1.165) is 17.0 Å². The fourth-order valence-electron chi connectivity index (χ4n) is 1.44. The summed E-state index contributed by atoms with van der Waals surface area (Å²) in [7, 11) is 0. The zero-order valence-corrected chi connectivity index (χ0v) is 7.73. The van der Waals surface area contributed by atoms with Gasteiger partial charge in [-0.3, -0.25) is 0 Å². The van der Waals surface area contributed by atoms with E-state index in [1.807, 2.05) is 26.0 Å². The first-order valence-electron chi connectivity index (χ1n) is 4.26. The minimum atomic E-state index is -0.0482. The van der Waals surface area contributed by atoms with Crippen LogP contribution in [0.5, 0.6) is 0 Å². The number of imidazole rings is 1. The molecule has 0 aliphatic carbocycles. The molecule has 2 aromatic rings. The number of nitrogens with two attached hydrogens (primary N) is 1. The Bertz CT molecular complexity index is 430. The molecule has 0 aliphatic heterocycles. The molecule has 0 bridgehead atoms. The van der Waals surface area contributed by atoms with E-state index in [2.05, 4.69) is 10.1 Å². The van der Waals surface area contributed by atoms with Gasteiger partial charge in [0.25, 0.3) is 0 Å². The van der Waals surface area contributed by atoms with Gasteiger partial charge in [-0.2, -0.15) is 5.10 Å². The van der Waals surface area contributed by atoms with Crippen molar-refractivity contribution in [2.75, 3.05) is 0 Å². The zero-order chi connectivity index (χ0) is 9.42. The Labute approximate surface area is 76.4 Å². The summed E-state index contributed by atoms with van der Waals surface area (Å²) in [5.41, 5.74) is 7.69. The van der Waals surface area contributed by atoms with E-state index in [9.17, 15) is 0 Å². The lowest BCUT2D eigenvalue weighted by Crippen LogP contribution is -2.05. The molecule has 2 aromatic heterocycles. The van der Waals surface area contributed by atoms with Crippen LogP contribution >= 0.6 is 0 Å². The molecule has 0 saturated carbocycles. The summed E-state index contributed by atoms with van der Waals surface area (Å²) in [5.74, 6) is 0.878. The van der Waals surface area contributed by atoms with E-state index >= 15 is 0 Å². The Kier molecular flexibility index (Phi) is 1.77. The van der Waals surface area contributed by atoms with E-state index in [4.69, 9.17) is 5.73 Å². The number of hydrogen-bond donors (Lipinski definition) is 1. The molecule has 68 valence electrons. The average Bonchev–Trinajstić information content (AvgIpc) is 2.45. The van der Waals surface area contributed by atoms with Gasteiger partial charge in [0, 0.05) is 12.2 Å². The molecule has 2 heterocycles. The van der Waals surface area contributed by atoms with Crippen molar-refractivity contribution in [1.29, 1.82) is 0 Å². The third-order valence-electron chi connectivity index (χ3n) is 2.03. The Balaban J connectivity index is 2.78. The van der Waals surface area contributed by atoms with Crippen LogP contribution in [0.1, 0.15) is 24.5 Å². The first kappa shape index (κ1) is 8.19. The van der Waals surface area contributed by atoms with E-state index in [0.29, 0.717) is 0 Å². The Morgan fingerprint density at radius 2 is 2.31 bits per heavy atom. The largest absolute Gasteiger partial charge is 0.323 e. The number of rotatable bonds is 1. The number of nitrogens with zero attached hydrogens (tertiary/aromatic N) is 3. The van der Waals surface area contributed by atoms with E-state index in [-0.39, 0.29) is 6.04 Å². The number of fused-ring (bicyclic) bond motifs is 1. The van der Waals surface area contributed by atoms with Gasteiger partial charge in [-0.05, 0) is 26.0 Å². The first-order chi connectivity index (χ1) is 6.20. The fourth-order valence-corrected chi connectivity index (χ4v) is 1.44. The number of hydrogen-bond acceptors (Lipinski definition) is 3. The maximum Gasteiger partial charge on any atom is 0.127 e. The van der Waals surface area contributed by atoms with Gasteiger partial charge in [0.15, 0.2) is 0 Å². The SMILES string of the molecule is Cc1nc(C(C)N)c2cccnn12. The second-order valence-corrected chi connectivity index (χ2v) is 3.15. The minimum Gasteiger partial charge on any atom is -0.323 e. The molecule has 2 rings (SSSR count). The maximum absolute atomic E-state index is 5.79. The molecule has 4 heteroatoms. The van der Waals surface area contributed by atoms with E-state index < -0.39 is 0 Å². The first-order valence-corrected chi connectivity index (χ1v) is 4.26. The van der Waals surface area contributed by atoms with Crippen LogP contribution in [-0.2, 0) is 0 Å². The van der Waals surface area contributed by atoms with Crippen molar-refractivity contribution < 1.29 is 0 Å². The maximum atomic E-state index is 5.79. The summed E-state index contributed by atoms with van der Waals surface area (Å²) in [4.78, 5) is 4.36. The molecule has 0 spiro atoms. The van der Waals surface area contributed by atoms with Crippen LogP contribution < -0.4 is 5.73 Å². The predicted octanol–water partition coefficient (Wildman–Crippen LogP) is 1.06. The van der Waals surface area contributed by atoms with Crippen LogP contribution in [0.2, 0.25) is 0 Å². The normalized spacial score (nSPS) is 13.5. The van der Waals surface area contributed by atoms with Gasteiger partial charge in [0.2, 0.25) is 0 Å². The topological polar surface area (TPSA) is 56.2 Å². The van der Waals surface area contributed by atoms with Gasteiger partial charge in [-0.15, -0.1) is 0 Å². The van der Waals surface area contributed by atoms with Crippen LogP contribution in [0, 0.1) is 6.92 Å². The van der Waals surface area contributed by atoms with Crippen molar-refractivity contribution in [1.82, 2.24) is 14.6 Å². The highest BCUT2D eigenvalue weighted by Gasteiger charge is 2.10. The molecule has 0 saturated heterocycles. The summed E-state index contributed by atoms with van der Waals surface area (Å²) in [6.45, 7) is 3.85. The summed E-state index contributed by atoms with van der Waals surface area (Å²) >= 11 is 0. The lowest BCUT2D eigenvalue weighted by Gasteiger charge is -1.99. The molecule has 0 amide bonds. The minimum absolute atomic E-state index is 0.0482. The van der Waals surface area contributed by atoms with E-state index in [1.165, 1.54) is 0 Å². The quantitative estimate of drug-likeness (QED) is 0.706. The molecule has 1 atom stereocenters. The lowest BCUT2D eigenvalue weighted by molar-refractivity contribution is 0.793. The van der Waals surface area contributed by atoms with Gasteiger partial charge in [0.05, 0.1) is 11.2 Å². The van der Waals surface area contributed by atoms with E-state index in [1.54, 1.807) is 10.7 Å². The Hall–Kier alpha value is -1.42. The molecule has 4 nitrogen and oxygen atoms in total. The third kappa shape index (κ3) is 1.19. The predicted molar refractivity (Wildman–Crippen MR) is 50.3 cm³/mol. The number of aromatic nitrogens is 3. The summed E-state index contributed by atoms with van der Waals surface area (Å²) in [5, 5.41) is 4.18. The average molecular weight is 176 g/mol. The summed E-state index contributed by atoms with van der Waals surface area (Å²) < 4.78 is 1.80. The van der Waals surface area contributed by atoms with Crippen molar-refractivity contribution in [3.63, 3.8) is 0 Å². The van der Waals surface area contributed by atoms with Gasteiger partial charge < -0.3 is 5.73 Å². The number of aryl methyl sites for hydroxylation is 1. The van der Waals surface area contributed by atoms with Gasteiger partial charge in [0.1, 0.15) is 5.82 Å². The fraction of sp³-hybridized carbons (Fsp3) is 0.333. The highest BCUT2D eigenvalue weighted by molar-refractivity contribution is 5.52. The third-order valence-corrected chi connectivity index (χ3v) is 2.03. The molecule has 13 heavy (non-hydrogen) atoms. The lowest BCUT2D eigenvalue weighted by atomic mass is 10.2. The van der Waals surface area contributed by atoms with Crippen LogP contribution in [0.25, 0.3) is 5.52 Å². The summed E-state index contributed by atoms with van der Waals surface area (Å²) in [6.07, 6.45) is 1.74. The van der Waals surface area contributed by atoms with Gasteiger partial charge in [-0.25, -0.2) is 9.50 Å². The van der Waals surface area contributed by atoms with Crippen LogP contribution in [0.15, 0.2) is 18.3 Å². The van der Waals surface area contributed by atoms with Crippen molar-refractivity contribution in [2.24, 2.45) is 5.73 Å². The molecule has 0 aliphatic rings. The molecule has 0 radical (unpaired) electrons. The van der Waals surface area contributed by atoms with Crippen molar-refractivity contribution in [2.45, 2.75) is 19.9 Å². The molecule has 0 aromatic carbocycles. The summed E-state index contributed by atoms with van der Waals surface area (Å²) in [6, 6.07) is 3.82. The Morgan fingerprint density at radius 1 is 1.54 bits per heavy atom. The van der Waals surface area contributed by atoms with Crippen LogP contribution in [0.4, 0.5) is 0 Å². The molecule has 2 N–H and O–H groups in total. The highest BCUT2D eigenvalue weighted by atomic mass is 15.3. The standard InChI is InChI=1S/C9H12N4/c1-6(10)9-8-4-3-5-11-13(8)7(2)12-9/h3-6H,10H2,1-2H3. The molecular weight excluding hydrogens is 164 g/mol.